The number of alkyl halides is 2. The number of carbonyl (C=O) groups excluding carboxylic acids is 2. The van der Waals surface area contributed by atoms with Crippen molar-refractivity contribution in [1.82, 2.24) is 0 Å². The van der Waals surface area contributed by atoms with Crippen LogP contribution in [0.5, 0.6) is 0 Å². The van der Waals surface area contributed by atoms with Crippen molar-refractivity contribution in [1.29, 1.82) is 0 Å². The van der Waals surface area contributed by atoms with Crippen molar-refractivity contribution in [2.75, 3.05) is 6.61 Å². The van der Waals surface area contributed by atoms with Gasteiger partial charge in [-0.25, -0.2) is 0 Å². The summed E-state index contributed by atoms with van der Waals surface area (Å²) in [5.74, 6) is -0.415. The molecule has 0 aromatic carbocycles. The average molecular weight is 291 g/mol. The molecule has 0 saturated heterocycles. The zero-order valence-corrected chi connectivity index (χ0v) is 11.9. The van der Waals surface area contributed by atoms with Crippen LogP contribution in [0.2, 0.25) is 0 Å². The lowest BCUT2D eigenvalue weighted by Crippen LogP contribution is -2.24. The molecular formula is C13H16Cl2O3. The van der Waals surface area contributed by atoms with Crippen molar-refractivity contribution in [2.45, 2.75) is 31.5 Å². The highest BCUT2D eigenvalue weighted by Crippen LogP contribution is 2.36. The SMILES string of the molecule is CCOC(=O)CCC1=CC(C)(C(Cl)Cl)C=CC1=O. The van der Waals surface area contributed by atoms with Crippen LogP contribution < -0.4 is 0 Å². The van der Waals surface area contributed by atoms with E-state index in [0.717, 1.165) is 0 Å². The van der Waals surface area contributed by atoms with Crippen LogP contribution in [0.1, 0.15) is 26.7 Å². The predicted octanol–water partition coefficient (Wildman–Crippen LogP) is 3.21. The molecule has 0 radical (unpaired) electrons. The van der Waals surface area contributed by atoms with Crippen LogP contribution >= 0.6 is 23.2 Å². The molecule has 1 aliphatic rings. The van der Waals surface area contributed by atoms with E-state index in [-0.39, 0.29) is 18.2 Å². The van der Waals surface area contributed by atoms with Crippen LogP contribution in [0, 0.1) is 5.41 Å². The summed E-state index contributed by atoms with van der Waals surface area (Å²) in [6, 6.07) is 0. The molecule has 0 amide bonds. The van der Waals surface area contributed by atoms with Crippen LogP contribution in [0.3, 0.4) is 0 Å². The zero-order chi connectivity index (χ0) is 13.8. The summed E-state index contributed by atoms with van der Waals surface area (Å²) in [5.41, 5.74) is -0.0135. The predicted molar refractivity (Wildman–Crippen MR) is 71.7 cm³/mol. The van der Waals surface area contributed by atoms with Crippen LogP contribution in [-0.4, -0.2) is 23.2 Å². The Labute approximate surface area is 117 Å². The fourth-order valence-electron chi connectivity index (χ4n) is 1.66. The molecule has 0 aliphatic heterocycles. The molecule has 100 valence electrons. The maximum atomic E-state index is 11.7. The Morgan fingerprint density at radius 2 is 2.17 bits per heavy atom. The van der Waals surface area contributed by atoms with Gasteiger partial charge in [0.05, 0.1) is 6.61 Å². The number of ketones is 1. The van der Waals surface area contributed by atoms with Crippen LogP contribution in [0.4, 0.5) is 0 Å². The van der Waals surface area contributed by atoms with E-state index in [1.807, 2.05) is 6.92 Å². The smallest absolute Gasteiger partial charge is 0.306 e. The summed E-state index contributed by atoms with van der Waals surface area (Å²) in [5, 5.41) is 0. The first-order valence-corrected chi connectivity index (χ1v) is 6.65. The first kappa shape index (κ1) is 15.3. The topological polar surface area (TPSA) is 43.4 Å². The van der Waals surface area contributed by atoms with Gasteiger partial charge < -0.3 is 4.74 Å². The van der Waals surface area contributed by atoms with Gasteiger partial charge in [0.2, 0.25) is 0 Å². The lowest BCUT2D eigenvalue weighted by atomic mass is 9.83. The van der Waals surface area contributed by atoms with Gasteiger partial charge >= 0.3 is 5.97 Å². The highest BCUT2D eigenvalue weighted by molar-refractivity contribution is 6.45. The minimum Gasteiger partial charge on any atom is -0.466 e. The first-order valence-electron chi connectivity index (χ1n) is 5.78. The number of rotatable bonds is 5. The number of halogens is 2. The van der Waals surface area contributed by atoms with Gasteiger partial charge in [-0.2, -0.15) is 0 Å². The Morgan fingerprint density at radius 3 is 2.72 bits per heavy atom. The molecule has 1 rings (SSSR count). The molecule has 0 aromatic heterocycles. The Hall–Kier alpha value is -0.800. The first-order chi connectivity index (χ1) is 8.39. The van der Waals surface area contributed by atoms with E-state index in [0.29, 0.717) is 18.6 Å². The monoisotopic (exact) mass is 290 g/mol. The standard InChI is InChI=1S/C13H16Cl2O3/c1-3-18-11(17)5-4-9-8-13(2,12(14)15)7-6-10(9)16/h6-8,12H,3-5H2,1-2H3. The molecular weight excluding hydrogens is 275 g/mol. The fourth-order valence-corrected chi connectivity index (χ4v) is 1.93. The van der Waals surface area contributed by atoms with Crippen molar-refractivity contribution in [2.24, 2.45) is 5.41 Å². The number of hydrogen-bond donors (Lipinski definition) is 0. The Kier molecular flexibility index (Phi) is 5.42. The van der Waals surface area contributed by atoms with Crippen molar-refractivity contribution in [3.05, 3.63) is 23.8 Å². The molecule has 0 saturated carbocycles. The molecule has 0 heterocycles. The third-order valence-electron chi connectivity index (χ3n) is 2.77. The summed E-state index contributed by atoms with van der Waals surface area (Å²) < 4.78 is 4.82. The van der Waals surface area contributed by atoms with Gasteiger partial charge in [0.25, 0.3) is 0 Å². The normalized spacial score (nSPS) is 23.2. The highest BCUT2D eigenvalue weighted by Gasteiger charge is 2.31. The second-order valence-electron chi connectivity index (χ2n) is 4.34. The van der Waals surface area contributed by atoms with E-state index in [9.17, 15) is 9.59 Å². The maximum absolute atomic E-state index is 11.7. The van der Waals surface area contributed by atoms with E-state index in [1.165, 1.54) is 6.08 Å². The van der Waals surface area contributed by atoms with E-state index < -0.39 is 10.3 Å². The van der Waals surface area contributed by atoms with Gasteiger partial charge in [-0.3, -0.25) is 9.59 Å². The van der Waals surface area contributed by atoms with Crippen molar-refractivity contribution in [3.63, 3.8) is 0 Å². The number of ether oxygens (including phenoxy) is 1. The van der Waals surface area contributed by atoms with E-state index in [4.69, 9.17) is 27.9 Å². The molecule has 3 nitrogen and oxygen atoms in total. The van der Waals surface area contributed by atoms with Crippen molar-refractivity contribution >= 4 is 35.0 Å². The summed E-state index contributed by atoms with van der Waals surface area (Å²) in [7, 11) is 0. The van der Waals surface area contributed by atoms with Gasteiger partial charge in [0.15, 0.2) is 5.78 Å². The van der Waals surface area contributed by atoms with Crippen LogP contribution in [-0.2, 0) is 14.3 Å². The molecule has 18 heavy (non-hydrogen) atoms. The molecule has 5 heteroatoms. The summed E-state index contributed by atoms with van der Waals surface area (Å²) in [4.78, 5) is 22.3. The summed E-state index contributed by atoms with van der Waals surface area (Å²) in [6.45, 7) is 3.92. The second kappa shape index (κ2) is 6.39. The Balaban J connectivity index is 2.71. The number of hydrogen-bond acceptors (Lipinski definition) is 3. The molecule has 0 spiro atoms. The lowest BCUT2D eigenvalue weighted by Gasteiger charge is -2.27. The van der Waals surface area contributed by atoms with Crippen molar-refractivity contribution < 1.29 is 14.3 Å². The maximum Gasteiger partial charge on any atom is 0.306 e. The average Bonchev–Trinajstić information content (AvgIpc) is 2.31. The third kappa shape index (κ3) is 3.85. The molecule has 0 bridgehead atoms. The molecule has 1 aliphatic carbocycles. The van der Waals surface area contributed by atoms with Gasteiger partial charge in [-0.05, 0) is 31.9 Å². The Morgan fingerprint density at radius 1 is 1.50 bits per heavy atom. The number of allylic oxidation sites excluding steroid dienone is 4. The zero-order valence-electron chi connectivity index (χ0n) is 10.4. The van der Waals surface area contributed by atoms with E-state index in [2.05, 4.69) is 0 Å². The van der Waals surface area contributed by atoms with Crippen LogP contribution in [0.25, 0.3) is 0 Å². The van der Waals surface area contributed by atoms with E-state index in [1.54, 1.807) is 19.1 Å². The molecule has 1 unspecified atom stereocenters. The van der Waals surface area contributed by atoms with Crippen LogP contribution in [0.15, 0.2) is 23.8 Å². The molecule has 0 fully saturated rings. The number of esters is 1. The summed E-state index contributed by atoms with van der Waals surface area (Å²) in [6.07, 6.45) is 5.41. The molecule has 0 N–H and O–H groups in total. The van der Waals surface area contributed by atoms with Gasteiger partial charge in [-0.15, -0.1) is 23.2 Å². The van der Waals surface area contributed by atoms with E-state index >= 15 is 0 Å². The minimum atomic E-state index is -0.639. The minimum absolute atomic E-state index is 0.106. The fraction of sp³-hybridized carbons (Fsp3) is 0.538. The largest absolute Gasteiger partial charge is 0.466 e. The second-order valence-corrected chi connectivity index (χ2v) is 5.44. The molecule has 1 atom stereocenters. The van der Waals surface area contributed by atoms with Gasteiger partial charge in [-0.1, -0.05) is 12.2 Å². The molecule has 0 aromatic rings. The summed E-state index contributed by atoms with van der Waals surface area (Å²) >= 11 is 11.8. The quantitative estimate of drug-likeness (QED) is 0.577. The number of carbonyl (C=O) groups is 2. The Bertz CT molecular complexity index is 399. The van der Waals surface area contributed by atoms with Gasteiger partial charge in [0, 0.05) is 11.8 Å². The van der Waals surface area contributed by atoms with Gasteiger partial charge in [0.1, 0.15) is 4.84 Å². The highest BCUT2D eigenvalue weighted by atomic mass is 35.5. The third-order valence-corrected chi connectivity index (χ3v) is 3.71. The lowest BCUT2D eigenvalue weighted by molar-refractivity contribution is -0.143. The van der Waals surface area contributed by atoms with Crippen molar-refractivity contribution in [3.8, 4) is 0 Å².